The third-order valence-electron chi connectivity index (χ3n) is 2.90. The van der Waals surface area contributed by atoms with E-state index in [1.54, 1.807) is 9.80 Å². The summed E-state index contributed by atoms with van der Waals surface area (Å²) in [5.74, 6) is 0.173. The van der Waals surface area contributed by atoms with E-state index in [1.807, 2.05) is 0 Å². The van der Waals surface area contributed by atoms with Crippen LogP contribution in [0, 0.1) is 0 Å². The van der Waals surface area contributed by atoms with Crippen molar-refractivity contribution in [3.63, 3.8) is 0 Å². The number of urea groups is 1. The number of carbonyl (C=O) groups is 1. The van der Waals surface area contributed by atoms with E-state index in [1.165, 1.54) is 0 Å². The fourth-order valence-corrected chi connectivity index (χ4v) is 3.06. The van der Waals surface area contributed by atoms with Gasteiger partial charge in [-0.1, -0.05) is 0 Å². The second-order valence-corrected chi connectivity index (χ2v) is 6.32. The van der Waals surface area contributed by atoms with Crippen LogP contribution in [0.15, 0.2) is 0 Å². The minimum atomic E-state index is -2.92. The minimum absolute atomic E-state index is 0.0572. The number of carbonyl (C=O) groups excluding carboxylic acids is 1. The number of hydrogen-bond acceptors (Lipinski definition) is 4. The van der Waals surface area contributed by atoms with Crippen molar-refractivity contribution in [2.75, 3.05) is 50.9 Å². The fraction of sp³-hybridized carbons (Fsp3) is 0.889. The number of rotatable bonds is 0. The molecule has 0 radical (unpaired) electrons. The summed E-state index contributed by atoms with van der Waals surface area (Å²) in [5, 5.41) is 0. The van der Waals surface area contributed by atoms with E-state index in [9.17, 15) is 13.2 Å². The number of hydrogen-bond donors (Lipinski definition) is 0. The molecule has 7 heteroatoms. The molecule has 0 unspecified atom stereocenters. The molecule has 0 aromatic heterocycles. The molecule has 0 aliphatic carbocycles. The molecule has 6 nitrogen and oxygen atoms in total. The molecule has 2 fully saturated rings. The first-order valence-electron chi connectivity index (χ1n) is 5.40. The zero-order chi connectivity index (χ0) is 11.6. The standard InChI is InChI=1S/C9H16N2O4S/c12-9(10-1-5-15-6-2-10)11-3-7-16(13,14)8-4-11/h1-8H2. The van der Waals surface area contributed by atoms with Gasteiger partial charge in [-0.15, -0.1) is 0 Å². The van der Waals surface area contributed by atoms with Crippen LogP contribution >= 0.6 is 0 Å². The molecule has 0 N–H and O–H groups in total. The monoisotopic (exact) mass is 248 g/mol. The van der Waals surface area contributed by atoms with Crippen molar-refractivity contribution in [3.8, 4) is 0 Å². The van der Waals surface area contributed by atoms with Gasteiger partial charge < -0.3 is 14.5 Å². The van der Waals surface area contributed by atoms with Gasteiger partial charge in [0.2, 0.25) is 0 Å². The van der Waals surface area contributed by atoms with Crippen LogP contribution in [-0.2, 0) is 14.6 Å². The smallest absolute Gasteiger partial charge is 0.320 e. The minimum Gasteiger partial charge on any atom is -0.378 e. The van der Waals surface area contributed by atoms with Gasteiger partial charge in [0.25, 0.3) is 0 Å². The van der Waals surface area contributed by atoms with E-state index < -0.39 is 9.84 Å². The SMILES string of the molecule is O=C(N1CCOCC1)N1CCS(=O)(=O)CC1. The molecular weight excluding hydrogens is 232 g/mol. The van der Waals surface area contributed by atoms with Gasteiger partial charge in [-0.2, -0.15) is 0 Å². The van der Waals surface area contributed by atoms with Gasteiger partial charge >= 0.3 is 6.03 Å². The maximum absolute atomic E-state index is 12.0. The van der Waals surface area contributed by atoms with Crippen molar-refractivity contribution in [2.24, 2.45) is 0 Å². The molecular formula is C9H16N2O4S. The first-order valence-corrected chi connectivity index (χ1v) is 7.23. The zero-order valence-corrected chi connectivity index (χ0v) is 9.91. The Bertz CT molecular complexity index is 348. The number of morpholine rings is 1. The molecule has 0 aromatic rings. The summed E-state index contributed by atoms with van der Waals surface area (Å²) >= 11 is 0. The lowest BCUT2D eigenvalue weighted by Crippen LogP contribution is -2.52. The Morgan fingerprint density at radius 1 is 0.938 bits per heavy atom. The molecule has 2 saturated heterocycles. The summed E-state index contributed by atoms with van der Waals surface area (Å²) in [7, 11) is -2.92. The quantitative estimate of drug-likeness (QED) is 0.561. The van der Waals surface area contributed by atoms with Crippen molar-refractivity contribution in [2.45, 2.75) is 0 Å². The van der Waals surface area contributed by atoms with Crippen molar-refractivity contribution in [1.82, 2.24) is 9.80 Å². The van der Waals surface area contributed by atoms with Crippen LogP contribution in [0.25, 0.3) is 0 Å². The van der Waals surface area contributed by atoms with Crippen molar-refractivity contribution in [1.29, 1.82) is 0 Å². The van der Waals surface area contributed by atoms with Crippen molar-refractivity contribution < 1.29 is 17.9 Å². The lowest BCUT2D eigenvalue weighted by atomic mass is 10.4. The van der Waals surface area contributed by atoms with E-state index in [2.05, 4.69) is 0 Å². The third kappa shape index (κ3) is 2.65. The predicted octanol–water partition coefficient (Wildman–Crippen LogP) is -0.831. The average molecular weight is 248 g/mol. The largest absolute Gasteiger partial charge is 0.378 e. The van der Waals surface area contributed by atoms with Gasteiger partial charge in [0.1, 0.15) is 0 Å². The van der Waals surface area contributed by atoms with Crippen LogP contribution in [0.3, 0.4) is 0 Å². The van der Waals surface area contributed by atoms with E-state index in [0.717, 1.165) is 0 Å². The molecule has 2 rings (SSSR count). The lowest BCUT2D eigenvalue weighted by molar-refractivity contribution is 0.0440. The van der Waals surface area contributed by atoms with Crippen LogP contribution < -0.4 is 0 Å². The first-order chi connectivity index (χ1) is 7.58. The van der Waals surface area contributed by atoms with E-state index >= 15 is 0 Å². The molecule has 2 aliphatic rings. The molecule has 0 spiro atoms. The number of ether oxygens (including phenoxy) is 1. The van der Waals surface area contributed by atoms with E-state index in [-0.39, 0.29) is 17.5 Å². The number of amides is 2. The van der Waals surface area contributed by atoms with Gasteiger partial charge in [-0.05, 0) is 0 Å². The third-order valence-corrected chi connectivity index (χ3v) is 4.51. The summed E-state index contributed by atoms with van der Waals surface area (Å²) in [4.78, 5) is 15.3. The Balaban J connectivity index is 1.90. The topological polar surface area (TPSA) is 66.9 Å². The Hall–Kier alpha value is -0.820. The Kier molecular flexibility index (Phi) is 3.34. The van der Waals surface area contributed by atoms with Crippen LogP contribution in [0.1, 0.15) is 0 Å². The highest BCUT2D eigenvalue weighted by Gasteiger charge is 2.28. The Labute approximate surface area is 95.1 Å². The van der Waals surface area contributed by atoms with Crippen LogP contribution in [0.5, 0.6) is 0 Å². The number of nitrogens with zero attached hydrogens (tertiary/aromatic N) is 2. The molecule has 0 saturated carbocycles. The van der Waals surface area contributed by atoms with E-state index in [4.69, 9.17) is 4.74 Å². The summed E-state index contributed by atoms with van der Waals surface area (Å²) in [6, 6.07) is -0.0572. The molecule has 0 bridgehead atoms. The van der Waals surface area contributed by atoms with Crippen LogP contribution in [-0.4, -0.2) is 75.1 Å². The summed E-state index contributed by atoms with van der Waals surface area (Å²) in [6.45, 7) is 2.97. The number of sulfone groups is 1. The second kappa shape index (κ2) is 4.58. The van der Waals surface area contributed by atoms with Gasteiger partial charge in [0.05, 0.1) is 24.7 Å². The highest BCUT2D eigenvalue weighted by Crippen LogP contribution is 2.08. The van der Waals surface area contributed by atoms with Crippen molar-refractivity contribution in [3.05, 3.63) is 0 Å². The molecule has 2 amide bonds. The van der Waals surface area contributed by atoms with Gasteiger partial charge in [-0.3, -0.25) is 0 Å². The fourth-order valence-electron chi connectivity index (χ4n) is 1.86. The Morgan fingerprint density at radius 3 is 2.00 bits per heavy atom. The maximum Gasteiger partial charge on any atom is 0.320 e. The van der Waals surface area contributed by atoms with E-state index in [0.29, 0.717) is 39.4 Å². The Morgan fingerprint density at radius 2 is 1.44 bits per heavy atom. The summed E-state index contributed by atoms with van der Waals surface area (Å²) < 4.78 is 27.6. The first kappa shape index (κ1) is 11.7. The van der Waals surface area contributed by atoms with Crippen LogP contribution in [0.2, 0.25) is 0 Å². The molecule has 2 aliphatic heterocycles. The second-order valence-electron chi connectivity index (χ2n) is 4.02. The normalized spacial score (nSPS) is 25.5. The lowest BCUT2D eigenvalue weighted by Gasteiger charge is -2.34. The highest BCUT2D eigenvalue weighted by atomic mass is 32.2. The van der Waals surface area contributed by atoms with Crippen molar-refractivity contribution >= 4 is 15.9 Å². The van der Waals surface area contributed by atoms with Gasteiger partial charge in [-0.25, -0.2) is 13.2 Å². The van der Waals surface area contributed by atoms with Gasteiger partial charge in [0.15, 0.2) is 9.84 Å². The van der Waals surface area contributed by atoms with Gasteiger partial charge in [0, 0.05) is 26.2 Å². The molecule has 2 heterocycles. The zero-order valence-electron chi connectivity index (χ0n) is 9.09. The molecule has 0 atom stereocenters. The molecule has 92 valence electrons. The average Bonchev–Trinajstić information content (AvgIpc) is 2.29. The summed E-state index contributed by atoms with van der Waals surface area (Å²) in [5.41, 5.74) is 0. The maximum atomic E-state index is 12.0. The predicted molar refractivity (Wildman–Crippen MR) is 58.0 cm³/mol. The highest BCUT2D eigenvalue weighted by molar-refractivity contribution is 7.91. The molecule has 16 heavy (non-hydrogen) atoms. The molecule has 0 aromatic carbocycles. The van der Waals surface area contributed by atoms with Crippen LogP contribution in [0.4, 0.5) is 4.79 Å². The summed E-state index contributed by atoms with van der Waals surface area (Å²) in [6.07, 6.45) is 0.